The molecule has 0 aliphatic carbocycles. The van der Waals surface area contributed by atoms with Crippen molar-refractivity contribution in [2.24, 2.45) is 0 Å². The molecule has 0 saturated carbocycles. The first-order valence-electron chi connectivity index (χ1n) is 7.51. The summed E-state index contributed by atoms with van der Waals surface area (Å²) in [5, 5.41) is 2.63. The zero-order valence-electron chi connectivity index (χ0n) is 13.1. The summed E-state index contributed by atoms with van der Waals surface area (Å²) in [6, 6.07) is 6.38. The highest BCUT2D eigenvalue weighted by Gasteiger charge is 2.38. The molecule has 0 unspecified atom stereocenters. The fourth-order valence-electron chi connectivity index (χ4n) is 2.58. The van der Waals surface area contributed by atoms with E-state index in [0.717, 1.165) is 19.5 Å². The lowest BCUT2D eigenvalue weighted by Crippen LogP contribution is -2.57. The van der Waals surface area contributed by atoms with Gasteiger partial charge in [0.25, 0.3) is 5.91 Å². The Morgan fingerprint density at radius 2 is 2.27 bits per heavy atom. The molecule has 1 aromatic carbocycles. The summed E-state index contributed by atoms with van der Waals surface area (Å²) >= 11 is 0. The quantitative estimate of drug-likeness (QED) is 0.808. The average molecular weight is 310 g/mol. The number of carbonyl (C=O) groups is 1. The summed E-state index contributed by atoms with van der Waals surface area (Å²) in [6.07, 6.45) is 0.762. The molecular formula is C16H23FN2O3. The van der Waals surface area contributed by atoms with Gasteiger partial charge in [-0.15, -0.1) is 0 Å². The zero-order chi connectivity index (χ0) is 16.0. The number of likely N-dealkylation sites (N-methyl/N-ethyl adjacent to an activating group) is 1. The molecule has 0 radical (unpaired) electrons. The van der Waals surface area contributed by atoms with Crippen molar-refractivity contribution in [3.63, 3.8) is 0 Å². The first-order chi connectivity index (χ1) is 10.5. The van der Waals surface area contributed by atoms with Crippen LogP contribution in [-0.4, -0.2) is 56.3 Å². The number of nitrogens with zero attached hydrogens (tertiary/aromatic N) is 1. The van der Waals surface area contributed by atoms with E-state index in [2.05, 4.69) is 10.2 Å². The SMILES string of the molecule is CNC(=O)[C@@]1(C)CN(CCCOc2ccccc2F)CCO1. The second-order valence-corrected chi connectivity index (χ2v) is 5.57. The number of amides is 1. The minimum absolute atomic E-state index is 0.111. The molecule has 122 valence electrons. The average Bonchev–Trinajstić information content (AvgIpc) is 2.52. The number of para-hydroxylation sites is 1. The second kappa shape index (κ2) is 7.56. The molecule has 1 fully saturated rings. The van der Waals surface area contributed by atoms with Gasteiger partial charge in [0.15, 0.2) is 17.2 Å². The van der Waals surface area contributed by atoms with Crippen molar-refractivity contribution in [2.45, 2.75) is 18.9 Å². The summed E-state index contributed by atoms with van der Waals surface area (Å²) in [4.78, 5) is 14.0. The molecule has 6 heteroatoms. The minimum atomic E-state index is -0.806. The van der Waals surface area contributed by atoms with Gasteiger partial charge in [0, 0.05) is 26.7 Å². The lowest BCUT2D eigenvalue weighted by molar-refractivity contribution is -0.156. The van der Waals surface area contributed by atoms with Crippen LogP contribution in [0.25, 0.3) is 0 Å². The van der Waals surface area contributed by atoms with Gasteiger partial charge >= 0.3 is 0 Å². The number of hydrogen-bond acceptors (Lipinski definition) is 4. The molecule has 0 aromatic heterocycles. The topological polar surface area (TPSA) is 50.8 Å². The smallest absolute Gasteiger partial charge is 0.253 e. The molecule has 1 atom stereocenters. The van der Waals surface area contributed by atoms with Crippen LogP contribution in [0.5, 0.6) is 5.75 Å². The van der Waals surface area contributed by atoms with E-state index in [9.17, 15) is 9.18 Å². The van der Waals surface area contributed by atoms with Crippen molar-refractivity contribution in [1.82, 2.24) is 10.2 Å². The van der Waals surface area contributed by atoms with Crippen molar-refractivity contribution < 1.29 is 18.7 Å². The normalized spacial score (nSPS) is 22.3. The van der Waals surface area contributed by atoms with Gasteiger partial charge < -0.3 is 14.8 Å². The van der Waals surface area contributed by atoms with Crippen molar-refractivity contribution in [2.75, 3.05) is 39.9 Å². The highest BCUT2D eigenvalue weighted by atomic mass is 19.1. The Morgan fingerprint density at radius 1 is 1.50 bits per heavy atom. The summed E-state index contributed by atoms with van der Waals surface area (Å²) < 4.78 is 24.4. The van der Waals surface area contributed by atoms with Gasteiger partial charge in [-0.2, -0.15) is 0 Å². The molecule has 0 bridgehead atoms. The van der Waals surface area contributed by atoms with Gasteiger partial charge in [0.05, 0.1) is 13.2 Å². The summed E-state index contributed by atoms with van der Waals surface area (Å²) in [5.74, 6) is -0.180. The monoisotopic (exact) mass is 310 g/mol. The molecule has 1 heterocycles. The number of morpholine rings is 1. The van der Waals surface area contributed by atoms with E-state index in [-0.39, 0.29) is 17.5 Å². The first-order valence-corrected chi connectivity index (χ1v) is 7.51. The zero-order valence-corrected chi connectivity index (χ0v) is 13.1. The molecule has 1 aliphatic heterocycles. The molecule has 1 N–H and O–H groups in total. The van der Waals surface area contributed by atoms with E-state index in [1.165, 1.54) is 6.07 Å². The van der Waals surface area contributed by atoms with Crippen LogP contribution in [0.15, 0.2) is 24.3 Å². The van der Waals surface area contributed by atoms with E-state index >= 15 is 0 Å². The number of hydrogen-bond donors (Lipinski definition) is 1. The van der Waals surface area contributed by atoms with E-state index in [1.807, 2.05) is 0 Å². The van der Waals surface area contributed by atoms with Gasteiger partial charge in [-0.1, -0.05) is 12.1 Å². The summed E-state index contributed by atoms with van der Waals surface area (Å²) in [5.41, 5.74) is -0.806. The maximum Gasteiger partial charge on any atom is 0.253 e. The fraction of sp³-hybridized carbons (Fsp3) is 0.562. The molecule has 22 heavy (non-hydrogen) atoms. The van der Waals surface area contributed by atoms with E-state index in [1.54, 1.807) is 32.2 Å². The number of benzene rings is 1. The Hall–Kier alpha value is -1.66. The molecule has 5 nitrogen and oxygen atoms in total. The summed E-state index contributed by atoms with van der Waals surface area (Å²) in [6.45, 7) is 4.88. The van der Waals surface area contributed by atoms with Crippen molar-refractivity contribution in [1.29, 1.82) is 0 Å². The van der Waals surface area contributed by atoms with Crippen LogP contribution in [0.1, 0.15) is 13.3 Å². The van der Waals surface area contributed by atoms with Crippen molar-refractivity contribution in [3.05, 3.63) is 30.1 Å². The van der Waals surface area contributed by atoms with Crippen LogP contribution >= 0.6 is 0 Å². The first kappa shape index (κ1) is 16.7. The van der Waals surface area contributed by atoms with Crippen LogP contribution in [0.3, 0.4) is 0 Å². The third-order valence-corrected chi connectivity index (χ3v) is 3.77. The number of rotatable bonds is 6. The number of halogens is 1. The molecule has 1 saturated heterocycles. The molecule has 1 aliphatic rings. The van der Waals surface area contributed by atoms with Crippen LogP contribution < -0.4 is 10.1 Å². The van der Waals surface area contributed by atoms with Gasteiger partial charge in [0.2, 0.25) is 0 Å². The Bertz CT molecular complexity index is 512. The molecule has 1 aromatic rings. The predicted octanol–water partition coefficient (Wildman–Crippen LogP) is 1.43. The van der Waals surface area contributed by atoms with Crippen LogP contribution in [0, 0.1) is 5.82 Å². The Morgan fingerprint density at radius 3 is 3.00 bits per heavy atom. The Balaban J connectivity index is 1.75. The highest BCUT2D eigenvalue weighted by molar-refractivity contribution is 5.84. The van der Waals surface area contributed by atoms with Crippen LogP contribution in [0.4, 0.5) is 4.39 Å². The largest absolute Gasteiger partial charge is 0.490 e. The maximum atomic E-state index is 13.4. The Labute approximate surface area is 130 Å². The number of ether oxygens (including phenoxy) is 2. The summed E-state index contributed by atoms with van der Waals surface area (Å²) in [7, 11) is 1.61. The lowest BCUT2D eigenvalue weighted by Gasteiger charge is -2.39. The third-order valence-electron chi connectivity index (χ3n) is 3.77. The van der Waals surface area contributed by atoms with E-state index in [0.29, 0.717) is 19.8 Å². The lowest BCUT2D eigenvalue weighted by atomic mass is 10.0. The fourth-order valence-corrected chi connectivity index (χ4v) is 2.58. The molecular weight excluding hydrogens is 287 g/mol. The second-order valence-electron chi connectivity index (χ2n) is 5.57. The van der Waals surface area contributed by atoms with Crippen molar-refractivity contribution >= 4 is 5.91 Å². The van der Waals surface area contributed by atoms with Crippen LogP contribution in [0.2, 0.25) is 0 Å². The van der Waals surface area contributed by atoms with E-state index in [4.69, 9.17) is 9.47 Å². The van der Waals surface area contributed by atoms with Gasteiger partial charge in [-0.05, 0) is 25.5 Å². The van der Waals surface area contributed by atoms with Gasteiger partial charge in [-0.3, -0.25) is 9.69 Å². The minimum Gasteiger partial charge on any atom is -0.490 e. The number of nitrogens with one attached hydrogen (secondary N) is 1. The Kier molecular flexibility index (Phi) is 5.74. The highest BCUT2D eigenvalue weighted by Crippen LogP contribution is 2.18. The van der Waals surface area contributed by atoms with Crippen LogP contribution in [-0.2, 0) is 9.53 Å². The van der Waals surface area contributed by atoms with Gasteiger partial charge in [-0.25, -0.2) is 4.39 Å². The third kappa shape index (κ3) is 4.18. The standard InChI is InChI=1S/C16H23FN2O3/c1-16(15(20)18-2)12-19(9-11-22-16)8-5-10-21-14-7-4-3-6-13(14)17/h3-4,6-7H,5,8-12H2,1-2H3,(H,18,20)/t16-/m1/s1. The molecule has 1 amide bonds. The molecule has 2 rings (SSSR count). The maximum absolute atomic E-state index is 13.4. The van der Waals surface area contributed by atoms with E-state index < -0.39 is 5.60 Å². The van der Waals surface area contributed by atoms with Crippen molar-refractivity contribution in [3.8, 4) is 5.75 Å². The predicted molar refractivity (Wildman–Crippen MR) is 81.4 cm³/mol. The van der Waals surface area contributed by atoms with Gasteiger partial charge in [0.1, 0.15) is 0 Å². The molecule has 0 spiro atoms. The number of carbonyl (C=O) groups excluding carboxylic acids is 1.